The van der Waals surface area contributed by atoms with Crippen molar-refractivity contribution in [1.82, 2.24) is 4.57 Å². The largest absolute Gasteiger partial charge is 0.309 e. The Morgan fingerprint density at radius 1 is 0.311 bits per heavy atom. The minimum atomic E-state index is -2.69. The molecule has 0 aliphatic heterocycles. The zero-order valence-electron chi connectivity index (χ0n) is 33.5. The van der Waals surface area contributed by atoms with Gasteiger partial charge in [0.15, 0.2) is 8.07 Å². The molecule has 12 aromatic rings. The first kappa shape index (κ1) is 35.2. The molecule has 0 amide bonds. The number of hydrogen-bond donors (Lipinski definition) is 0. The van der Waals surface area contributed by atoms with E-state index in [1.54, 1.807) is 0 Å². The van der Waals surface area contributed by atoms with E-state index in [4.69, 9.17) is 0 Å². The van der Waals surface area contributed by atoms with Gasteiger partial charge in [-0.25, -0.2) is 0 Å². The Labute approximate surface area is 356 Å². The standard InChI is InChI=1S/C58H40N2Si/c1-5-20-45(21-6-1)59-55-30-16-19-42-33-36-52-54(37-38-56(59)58(52)57(42)55)60(53-29-15-18-41-17-13-14-28-51(41)53)46-34-31-44-40-50(35-32-43(44)39-46)61(47-22-7-2-8-23-47,48-24-9-3-10-25-48)49-26-11-4-12-27-49/h1-40H. The molecule has 1 aromatic heterocycles. The molecule has 2 nitrogen and oxygen atoms in total. The molecule has 0 aliphatic carbocycles. The lowest BCUT2D eigenvalue weighted by Crippen LogP contribution is -2.74. The van der Waals surface area contributed by atoms with Crippen LogP contribution in [0.4, 0.5) is 17.1 Å². The molecule has 11 aromatic carbocycles. The van der Waals surface area contributed by atoms with Crippen LogP contribution in [0.5, 0.6) is 0 Å². The molecule has 3 heteroatoms. The molecule has 0 N–H and O–H groups in total. The van der Waals surface area contributed by atoms with Crippen LogP contribution >= 0.6 is 0 Å². The molecular formula is C58H40N2Si. The Morgan fingerprint density at radius 3 is 1.57 bits per heavy atom. The first-order chi connectivity index (χ1) is 30.3. The van der Waals surface area contributed by atoms with Crippen LogP contribution < -0.4 is 25.6 Å². The lowest BCUT2D eigenvalue weighted by atomic mass is 9.99. The van der Waals surface area contributed by atoms with Crippen LogP contribution in [0.15, 0.2) is 243 Å². The molecular weight excluding hydrogens is 753 g/mol. The van der Waals surface area contributed by atoms with Crippen molar-refractivity contribution in [3.63, 3.8) is 0 Å². The topological polar surface area (TPSA) is 8.17 Å². The second-order valence-corrected chi connectivity index (χ2v) is 19.9. The van der Waals surface area contributed by atoms with Gasteiger partial charge in [0.1, 0.15) is 0 Å². The van der Waals surface area contributed by atoms with Gasteiger partial charge in [0, 0.05) is 32.9 Å². The summed E-state index contributed by atoms with van der Waals surface area (Å²) in [6.45, 7) is 0. The van der Waals surface area contributed by atoms with Crippen molar-refractivity contribution in [2.24, 2.45) is 0 Å². The normalized spacial score (nSPS) is 11.9. The van der Waals surface area contributed by atoms with Crippen LogP contribution in [-0.4, -0.2) is 12.6 Å². The SMILES string of the molecule is c1ccc(-n2c3cccc4ccc5c(N(c6ccc7cc([Si](c8ccccc8)(c8ccccc8)c8ccccc8)ccc7c6)c6cccc7ccccc67)ccc2c5c43)cc1. The van der Waals surface area contributed by atoms with E-state index in [0.29, 0.717) is 0 Å². The van der Waals surface area contributed by atoms with E-state index in [1.807, 2.05) is 0 Å². The van der Waals surface area contributed by atoms with Crippen LogP contribution in [0.2, 0.25) is 0 Å². The first-order valence-corrected chi connectivity index (χ1v) is 23.1. The van der Waals surface area contributed by atoms with Crippen molar-refractivity contribution in [3.05, 3.63) is 243 Å². The second kappa shape index (κ2) is 14.2. The Balaban J connectivity index is 1.09. The number of nitrogens with zero attached hydrogens (tertiary/aromatic N) is 2. The van der Waals surface area contributed by atoms with Crippen molar-refractivity contribution in [3.8, 4) is 5.69 Å². The minimum absolute atomic E-state index is 1.12. The maximum atomic E-state index is 2.49. The highest BCUT2D eigenvalue weighted by molar-refractivity contribution is 7.20. The molecule has 12 rings (SSSR count). The van der Waals surface area contributed by atoms with E-state index in [2.05, 4.69) is 252 Å². The van der Waals surface area contributed by atoms with Gasteiger partial charge in [-0.15, -0.1) is 0 Å². The van der Waals surface area contributed by atoms with Crippen LogP contribution in [0.1, 0.15) is 0 Å². The van der Waals surface area contributed by atoms with Gasteiger partial charge >= 0.3 is 0 Å². The summed E-state index contributed by atoms with van der Waals surface area (Å²) >= 11 is 0. The predicted octanol–water partition coefficient (Wildman–Crippen LogP) is 12.5. The lowest BCUT2D eigenvalue weighted by molar-refractivity contribution is 1.18. The van der Waals surface area contributed by atoms with E-state index in [-0.39, 0.29) is 0 Å². The number of benzene rings is 11. The molecule has 0 radical (unpaired) electrons. The third-order valence-corrected chi connectivity index (χ3v) is 17.6. The van der Waals surface area contributed by atoms with E-state index in [1.165, 1.54) is 80.6 Å². The second-order valence-electron chi connectivity index (χ2n) is 16.1. The van der Waals surface area contributed by atoms with Gasteiger partial charge in [-0.3, -0.25) is 0 Å². The first-order valence-electron chi connectivity index (χ1n) is 21.1. The summed E-state index contributed by atoms with van der Waals surface area (Å²) in [5.74, 6) is 0. The molecule has 1 heterocycles. The van der Waals surface area contributed by atoms with E-state index in [0.717, 1.165) is 17.1 Å². The van der Waals surface area contributed by atoms with Gasteiger partial charge in [0.25, 0.3) is 0 Å². The maximum Gasteiger partial charge on any atom is 0.179 e. The van der Waals surface area contributed by atoms with Crippen LogP contribution in [0.3, 0.4) is 0 Å². The smallest absolute Gasteiger partial charge is 0.179 e. The third kappa shape index (κ3) is 5.48. The Kier molecular flexibility index (Phi) is 8.22. The van der Waals surface area contributed by atoms with Crippen molar-refractivity contribution < 1.29 is 0 Å². The number of para-hydroxylation sites is 1. The highest BCUT2D eigenvalue weighted by Crippen LogP contribution is 2.47. The number of anilines is 3. The van der Waals surface area contributed by atoms with E-state index in [9.17, 15) is 0 Å². The maximum absolute atomic E-state index is 2.69. The van der Waals surface area contributed by atoms with Crippen molar-refractivity contribution in [1.29, 1.82) is 0 Å². The monoisotopic (exact) mass is 792 g/mol. The molecule has 0 fully saturated rings. The van der Waals surface area contributed by atoms with Crippen LogP contribution in [0, 0.1) is 0 Å². The Morgan fingerprint density at radius 2 is 0.852 bits per heavy atom. The minimum Gasteiger partial charge on any atom is -0.309 e. The predicted molar refractivity (Wildman–Crippen MR) is 263 cm³/mol. The van der Waals surface area contributed by atoms with Crippen molar-refractivity contribution in [2.75, 3.05) is 4.90 Å². The van der Waals surface area contributed by atoms with Gasteiger partial charge in [0.05, 0.1) is 22.4 Å². The van der Waals surface area contributed by atoms with E-state index < -0.39 is 8.07 Å². The quantitative estimate of drug-likeness (QED) is 0.0845. The average molecular weight is 793 g/mol. The Hall–Kier alpha value is -7.72. The van der Waals surface area contributed by atoms with Gasteiger partial charge in [-0.05, 0) is 90.8 Å². The zero-order chi connectivity index (χ0) is 40.3. The summed E-state index contributed by atoms with van der Waals surface area (Å²) in [4.78, 5) is 2.49. The fourth-order valence-electron chi connectivity index (χ4n) is 10.2. The summed E-state index contributed by atoms with van der Waals surface area (Å²) in [6, 6.07) is 90.0. The summed E-state index contributed by atoms with van der Waals surface area (Å²) in [6.07, 6.45) is 0. The van der Waals surface area contributed by atoms with Crippen LogP contribution in [-0.2, 0) is 0 Å². The van der Waals surface area contributed by atoms with E-state index >= 15 is 0 Å². The molecule has 0 spiro atoms. The van der Waals surface area contributed by atoms with Crippen molar-refractivity contribution >= 4 is 100 Å². The van der Waals surface area contributed by atoms with Gasteiger partial charge < -0.3 is 9.47 Å². The fourth-order valence-corrected chi connectivity index (χ4v) is 15.0. The van der Waals surface area contributed by atoms with Crippen LogP contribution in [0.25, 0.3) is 59.8 Å². The summed E-state index contributed by atoms with van der Waals surface area (Å²) in [5.41, 5.74) is 7.03. The fraction of sp³-hybridized carbons (Fsp3) is 0. The van der Waals surface area contributed by atoms with Gasteiger partial charge in [0.2, 0.25) is 0 Å². The molecule has 0 atom stereocenters. The lowest BCUT2D eigenvalue weighted by Gasteiger charge is -2.34. The highest BCUT2D eigenvalue weighted by Gasteiger charge is 2.41. The molecule has 61 heavy (non-hydrogen) atoms. The summed E-state index contributed by atoms with van der Waals surface area (Å²) in [7, 11) is -2.69. The number of hydrogen-bond acceptors (Lipinski definition) is 1. The zero-order valence-corrected chi connectivity index (χ0v) is 34.5. The summed E-state index contributed by atoms with van der Waals surface area (Å²) < 4.78 is 2.42. The molecule has 0 bridgehead atoms. The summed E-state index contributed by atoms with van der Waals surface area (Å²) in [5, 5.41) is 15.4. The van der Waals surface area contributed by atoms with Gasteiger partial charge in [-0.2, -0.15) is 0 Å². The Bertz CT molecular complexity index is 3420. The highest BCUT2D eigenvalue weighted by atomic mass is 28.3. The average Bonchev–Trinajstić information content (AvgIpc) is 3.68. The molecule has 0 saturated carbocycles. The van der Waals surface area contributed by atoms with Gasteiger partial charge in [-0.1, -0.05) is 194 Å². The number of rotatable bonds is 8. The molecule has 0 unspecified atom stereocenters. The third-order valence-electron chi connectivity index (χ3n) is 12.8. The van der Waals surface area contributed by atoms with Crippen molar-refractivity contribution in [2.45, 2.75) is 0 Å². The number of aromatic nitrogens is 1. The number of fused-ring (bicyclic) bond motifs is 2. The molecule has 0 saturated heterocycles. The molecule has 0 aliphatic rings. The molecule has 286 valence electrons.